The lowest BCUT2D eigenvalue weighted by molar-refractivity contribution is -0.301. The Morgan fingerprint density at radius 3 is 2.24 bits per heavy atom. The highest BCUT2D eigenvalue weighted by molar-refractivity contribution is 5.96. The first-order chi connectivity index (χ1) is 23.3. The monoisotopic (exact) mass is 678 g/mol. The highest BCUT2D eigenvalue weighted by Gasteiger charge is 2.53. The van der Waals surface area contributed by atoms with E-state index in [1.165, 1.54) is 12.1 Å². The fraction of sp³-hybridized carbons (Fsp3) is 0.312. The number of nitrogens with zero attached hydrogens (tertiary/aromatic N) is 1. The number of nitrogens with one attached hydrogen (secondary N) is 1. The summed E-state index contributed by atoms with van der Waals surface area (Å²) in [6, 6.07) is 3.62. The lowest BCUT2D eigenvalue weighted by Crippen LogP contribution is -2.58. The predicted molar refractivity (Wildman–Crippen MR) is 166 cm³/mol. The Hall–Kier alpha value is -5.46. The van der Waals surface area contributed by atoms with Crippen molar-refractivity contribution in [3.05, 3.63) is 107 Å². The Morgan fingerprint density at radius 1 is 0.918 bits per heavy atom. The third kappa shape index (κ3) is 4.23. The van der Waals surface area contributed by atoms with Gasteiger partial charge in [0.05, 0.1) is 51.9 Å². The highest BCUT2D eigenvalue weighted by Crippen LogP contribution is 2.54. The number of hydrogen-bond donors (Lipinski definition) is 8. The Bertz CT molecular complexity index is 2610. The second-order valence-electron chi connectivity index (χ2n) is 12.0. The van der Waals surface area contributed by atoms with Crippen molar-refractivity contribution in [2.45, 2.75) is 49.0 Å². The van der Waals surface area contributed by atoms with Gasteiger partial charge in [0, 0.05) is 11.6 Å². The van der Waals surface area contributed by atoms with Gasteiger partial charge in [0.2, 0.25) is 16.3 Å². The molecule has 17 nitrogen and oxygen atoms in total. The van der Waals surface area contributed by atoms with Crippen LogP contribution >= 0.6 is 0 Å². The van der Waals surface area contributed by atoms with E-state index < -0.39 is 114 Å². The quantitative estimate of drug-likeness (QED) is 0.0732. The molecule has 0 saturated carbocycles. The molecule has 7 rings (SSSR count). The summed E-state index contributed by atoms with van der Waals surface area (Å²) in [5.74, 6) is -2.84. The molecule has 1 aliphatic heterocycles. The molecule has 6 atom stereocenters. The van der Waals surface area contributed by atoms with Crippen LogP contribution in [0.15, 0.2) is 47.3 Å². The minimum absolute atomic E-state index is 0.0298. The molecule has 1 aromatic heterocycles. The van der Waals surface area contributed by atoms with E-state index in [4.69, 9.17) is 14.3 Å². The molecule has 8 N–H and O–H groups in total. The number of aromatic amines is 1. The molecule has 0 bridgehead atoms. The van der Waals surface area contributed by atoms with E-state index in [-0.39, 0.29) is 34.9 Å². The van der Waals surface area contributed by atoms with Crippen LogP contribution in [0.25, 0.3) is 22.3 Å². The number of H-pyrrole nitrogens is 1. The van der Waals surface area contributed by atoms with Crippen LogP contribution in [0, 0.1) is 10.4 Å². The number of aromatic hydroxyl groups is 1. The molecule has 1 spiro atoms. The van der Waals surface area contributed by atoms with E-state index in [1.807, 2.05) is 0 Å². The minimum atomic E-state index is -2.06. The molecule has 1 saturated heterocycles. The lowest BCUT2D eigenvalue weighted by Gasteiger charge is -2.38. The Kier molecular flexibility index (Phi) is 7.23. The molecule has 49 heavy (non-hydrogen) atoms. The summed E-state index contributed by atoms with van der Waals surface area (Å²) in [6.45, 7) is -0.691. The number of aryl methyl sites for hydroxylation is 1. The maximum atomic E-state index is 13.6. The molecule has 1 aromatic carbocycles. The van der Waals surface area contributed by atoms with E-state index in [1.54, 1.807) is 0 Å². The molecule has 17 heteroatoms. The van der Waals surface area contributed by atoms with Gasteiger partial charge in [0.25, 0.3) is 11.8 Å². The second-order valence-corrected chi connectivity index (χ2v) is 12.0. The van der Waals surface area contributed by atoms with Crippen LogP contribution in [0.2, 0.25) is 0 Å². The molecular weight excluding hydrogens is 652 g/mol. The molecular formula is C32H26N2O15. The first kappa shape index (κ1) is 32.1. The average Bonchev–Trinajstić information content (AvgIpc) is 3.56. The number of hydrogen-bond acceptors (Lipinski definition) is 16. The van der Waals surface area contributed by atoms with Crippen LogP contribution in [0.1, 0.15) is 23.2 Å². The third-order valence-electron chi connectivity index (χ3n) is 9.48. The number of benzene rings is 1. The molecule has 0 unspecified atom stereocenters. The number of aromatic nitrogens is 1. The van der Waals surface area contributed by atoms with Gasteiger partial charge < -0.3 is 55.0 Å². The number of oxime groups is 1. The van der Waals surface area contributed by atoms with Crippen molar-refractivity contribution < 1.29 is 50.1 Å². The topological polar surface area (TPSA) is 283 Å². The van der Waals surface area contributed by atoms with Gasteiger partial charge >= 0.3 is 0 Å². The molecule has 5 aliphatic rings. The molecule has 0 amide bonds. The van der Waals surface area contributed by atoms with Crippen LogP contribution in [0.3, 0.4) is 0 Å². The fourth-order valence-corrected chi connectivity index (χ4v) is 7.14. The summed E-state index contributed by atoms with van der Waals surface area (Å²) >= 11 is 0. The van der Waals surface area contributed by atoms with Gasteiger partial charge in [0.15, 0.2) is 11.2 Å². The summed E-state index contributed by atoms with van der Waals surface area (Å²) in [5.41, 5.74) is -7.16. The summed E-state index contributed by atoms with van der Waals surface area (Å²) in [6.07, 6.45) is -6.99. The lowest BCUT2D eigenvalue weighted by atomic mass is 9.78. The van der Waals surface area contributed by atoms with Crippen molar-refractivity contribution in [3.8, 4) is 11.5 Å². The molecule has 254 valence electrons. The Labute approximate surface area is 270 Å². The third-order valence-corrected chi connectivity index (χ3v) is 9.48. The van der Waals surface area contributed by atoms with Crippen molar-refractivity contribution in [3.63, 3.8) is 0 Å². The number of methoxy groups -OCH3 is 1. The minimum Gasteiger partial charge on any atom is -0.510 e. The Morgan fingerprint density at radius 2 is 1.59 bits per heavy atom. The molecule has 2 heterocycles. The van der Waals surface area contributed by atoms with Crippen molar-refractivity contribution in [1.29, 1.82) is 0 Å². The summed E-state index contributed by atoms with van der Waals surface area (Å²) in [4.78, 5) is 73.8. The molecule has 2 aromatic rings. The van der Waals surface area contributed by atoms with Gasteiger partial charge in [-0.25, -0.2) is 0 Å². The van der Waals surface area contributed by atoms with Gasteiger partial charge in [0.1, 0.15) is 47.1 Å². The van der Waals surface area contributed by atoms with E-state index in [9.17, 15) is 59.7 Å². The van der Waals surface area contributed by atoms with Crippen LogP contribution < -0.4 is 42.4 Å². The van der Waals surface area contributed by atoms with Crippen molar-refractivity contribution in [1.82, 2.24) is 4.98 Å². The zero-order valence-electron chi connectivity index (χ0n) is 25.2. The normalized spacial score (nSPS) is 26.3. The van der Waals surface area contributed by atoms with Gasteiger partial charge in [-0.1, -0.05) is 11.2 Å². The number of aliphatic hydroxyl groups excluding tert-OH is 6. The summed E-state index contributed by atoms with van der Waals surface area (Å²) < 4.78 is 10.1. The maximum Gasteiger partial charge on any atom is 0.260 e. The van der Waals surface area contributed by atoms with Crippen LogP contribution in [0.5, 0.6) is 11.5 Å². The largest absolute Gasteiger partial charge is 0.510 e. The number of pyridine rings is 1. The van der Waals surface area contributed by atoms with Crippen LogP contribution in [0.4, 0.5) is 0 Å². The van der Waals surface area contributed by atoms with Gasteiger partial charge in [-0.3, -0.25) is 24.0 Å². The number of aliphatic hydroxyl groups is 6. The second kappa shape index (κ2) is 11.0. The number of phenolic OH excluding ortho intramolecular Hbond substituents is 1. The van der Waals surface area contributed by atoms with E-state index in [2.05, 4.69) is 10.1 Å². The average molecular weight is 679 g/mol. The number of ether oxygens (including phenoxy) is 2. The number of fused-ring (bicyclic) bond motifs is 4. The van der Waals surface area contributed by atoms with E-state index in [0.29, 0.717) is 5.56 Å². The summed E-state index contributed by atoms with van der Waals surface area (Å²) in [7, 11) is 1.09. The number of rotatable bonds is 5. The van der Waals surface area contributed by atoms with Gasteiger partial charge in [-0.2, -0.15) is 0 Å². The van der Waals surface area contributed by atoms with Crippen molar-refractivity contribution in [2.24, 2.45) is 5.16 Å². The van der Waals surface area contributed by atoms with Gasteiger partial charge in [-0.15, -0.1) is 0 Å². The molecule has 1 fully saturated rings. The smallest absolute Gasteiger partial charge is 0.260 e. The first-order valence-electron chi connectivity index (χ1n) is 14.8. The summed E-state index contributed by atoms with van der Waals surface area (Å²) in [5, 5.41) is 74.5. The number of phenols is 1. The molecule has 4 aliphatic carbocycles. The fourth-order valence-electron chi connectivity index (χ4n) is 7.14. The van der Waals surface area contributed by atoms with Crippen LogP contribution in [-0.2, 0) is 21.4 Å². The zero-order chi connectivity index (χ0) is 35.3. The Balaban J connectivity index is 1.35. The van der Waals surface area contributed by atoms with Crippen molar-refractivity contribution >= 4 is 28.5 Å². The van der Waals surface area contributed by atoms with E-state index >= 15 is 0 Å². The first-order valence-corrected chi connectivity index (χ1v) is 14.8. The highest BCUT2D eigenvalue weighted by atomic mass is 16.8. The van der Waals surface area contributed by atoms with Gasteiger partial charge in [-0.05, 0) is 29.9 Å². The van der Waals surface area contributed by atoms with Crippen molar-refractivity contribution in [2.75, 3.05) is 13.7 Å². The maximum absolute atomic E-state index is 13.6. The predicted octanol–water partition coefficient (Wildman–Crippen LogP) is -4.34. The zero-order valence-corrected chi connectivity index (χ0v) is 25.2. The van der Waals surface area contributed by atoms with Crippen LogP contribution in [-0.4, -0.2) is 91.4 Å². The van der Waals surface area contributed by atoms with E-state index in [0.717, 1.165) is 19.4 Å². The molecule has 0 radical (unpaired) electrons. The standard InChI is InChI=1S/C32H26N2O15/c1-47-13-6-12(36)16-17(21(13)37)24(40)19-18(23(16)39)28(44)32(29(19)45)3-2-9-4-10-5-11(34-30(46)15(10)25(41)20(9)32)7-33-49-31-27(43)26(42)22(38)14(8-35)48-31/h4-7,14,22,26-27,31,35,38,41-45H,2-3,8H2,1H3,(H,34,46)/t14-,22-,26+,27-,31+,32+/m1/s1. The SMILES string of the molecule is COc1cc(=O)c2c(=O)c3c(c(=O)c=2c1=O)=C(O)[C@]1(CCc2cc4cc(C=NO[C@@H]5O[C@H](CO)[C@@H](O)[C@H](O)[C@H]5O)[nH]c(=O)c4c(O)c21)C=3O.